The smallest absolute Gasteiger partial charge is 0.0462 e. The summed E-state index contributed by atoms with van der Waals surface area (Å²) in [6.45, 7) is 0. The van der Waals surface area contributed by atoms with Crippen molar-refractivity contribution in [2.24, 2.45) is 0 Å². The summed E-state index contributed by atoms with van der Waals surface area (Å²) in [5, 5.41) is 7.64. The van der Waals surface area contributed by atoms with Gasteiger partial charge in [0.25, 0.3) is 0 Å². The van der Waals surface area contributed by atoms with Gasteiger partial charge in [0.2, 0.25) is 0 Å². The molecule has 0 aliphatic carbocycles. The van der Waals surface area contributed by atoms with Gasteiger partial charge in [-0.15, -0.1) is 0 Å². The van der Waals surface area contributed by atoms with Crippen molar-refractivity contribution in [3.8, 4) is 22.3 Å². The van der Waals surface area contributed by atoms with Crippen LogP contribution >= 0.6 is 0 Å². The summed E-state index contributed by atoms with van der Waals surface area (Å²) in [5.41, 5.74) is 8.32. The fourth-order valence-corrected chi connectivity index (χ4v) is 6.19. The minimum absolute atomic E-state index is 1.13. The Hall–Kier alpha value is -5.66. The summed E-state index contributed by atoms with van der Waals surface area (Å²) in [4.78, 5) is 2.29. The lowest BCUT2D eigenvalue weighted by molar-refractivity contribution is 1.28. The molecule has 8 aromatic carbocycles. The van der Waals surface area contributed by atoms with Crippen molar-refractivity contribution in [3.05, 3.63) is 176 Å². The van der Waals surface area contributed by atoms with Gasteiger partial charge < -0.3 is 4.90 Å². The maximum Gasteiger partial charge on any atom is 0.0462 e. The van der Waals surface area contributed by atoms with Crippen LogP contribution < -0.4 is 4.90 Å². The second-order valence-corrected chi connectivity index (χ2v) is 11.1. The molecule has 43 heavy (non-hydrogen) atoms. The molecule has 1 nitrogen and oxygen atoms in total. The average Bonchev–Trinajstić information content (AvgIpc) is 3.09. The van der Waals surface area contributed by atoms with E-state index in [0.717, 1.165) is 17.1 Å². The molecule has 0 spiro atoms. The Kier molecular flexibility index (Phi) is 6.20. The lowest BCUT2D eigenvalue weighted by atomic mass is 9.95. The molecule has 0 aromatic heterocycles. The zero-order valence-corrected chi connectivity index (χ0v) is 23.7. The van der Waals surface area contributed by atoms with E-state index in [2.05, 4.69) is 181 Å². The van der Waals surface area contributed by atoms with Crippen LogP contribution in [0.5, 0.6) is 0 Å². The zero-order chi connectivity index (χ0) is 28.6. The first-order valence-electron chi connectivity index (χ1n) is 14.8. The molecule has 0 bridgehead atoms. The highest BCUT2D eigenvalue weighted by molar-refractivity contribution is 6.09. The molecule has 0 radical (unpaired) electrons. The normalized spacial score (nSPS) is 11.3. The van der Waals surface area contributed by atoms with E-state index in [1.54, 1.807) is 0 Å². The summed E-state index contributed by atoms with van der Waals surface area (Å²) in [5.74, 6) is 0. The molecule has 0 saturated heterocycles. The summed E-state index contributed by atoms with van der Waals surface area (Å²) >= 11 is 0. The molecule has 1 heteroatoms. The predicted molar refractivity (Wildman–Crippen MR) is 185 cm³/mol. The van der Waals surface area contributed by atoms with Crippen LogP contribution in [0.25, 0.3) is 54.6 Å². The Labute approximate surface area is 251 Å². The van der Waals surface area contributed by atoms with Crippen molar-refractivity contribution in [2.45, 2.75) is 0 Å². The molecule has 0 atom stereocenters. The lowest BCUT2D eigenvalue weighted by Crippen LogP contribution is -2.09. The first-order chi connectivity index (χ1) is 21.3. The second-order valence-electron chi connectivity index (χ2n) is 11.1. The van der Waals surface area contributed by atoms with Crippen LogP contribution in [0.3, 0.4) is 0 Å². The SMILES string of the molecule is c1ccc(N(c2ccccc2)c2ccc(-c3ccc4cc(-c5ccc6ccc7ccccc7c6c5)ccc4c3)cc2)cc1. The van der Waals surface area contributed by atoms with Crippen LogP contribution in [0.4, 0.5) is 17.1 Å². The topological polar surface area (TPSA) is 3.24 Å². The van der Waals surface area contributed by atoms with Crippen LogP contribution in [0.2, 0.25) is 0 Å². The number of nitrogens with zero attached hydrogens (tertiary/aromatic N) is 1. The van der Waals surface area contributed by atoms with E-state index < -0.39 is 0 Å². The van der Waals surface area contributed by atoms with Crippen molar-refractivity contribution in [1.29, 1.82) is 0 Å². The van der Waals surface area contributed by atoms with Gasteiger partial charge in [0, 0.05) is 17.1 Å². The highest BCUT2D eigenvalue weighted by Crippen LogP contribution is 2.36. The Balaban J connectivity index is 1.12. The summed E-state index contributed by atoms with van der Waals surface area (Å²) in [7, 11) is 0. The van der Waals surface area contributed by atoms with Crippen molar-refractivity contribution >= 4 is 49.4 Å². The monoisotopic (exact) mass is 547 g/mol. The molecule has 0 unspecified atom stereocenters. The van der Waals surface area contributed by atoms with Crippen molar-refractivity contribution in [2.75, 3.05) is 4.90 Å². The molecule has 0 saturated carbocycles. The van der Waals surface area contributed by atoms with Gasteiger partial charge in [-0.05, 0) is 109 Å². The van der Waals surface area contributed by atoms with Crippen LogP contribution in [-0.2, 0) is 0 Å². The van der Waals surface area contributed by atoms with Crippen LogP contribution in [0.15, 0.2) is 176 Å². The molecule has 8 aromatic rings. The van der Waals surface area contributed by atoms with Crippen molar-refractivity contribution in [3.63, 3.8) is 0 Å². The van der Waals surface area contributed by atoms with E-state index in [-0.39, 0.29) is 0 Å². The van der Waals surface area contributed by atoms with E-state index in [9.17, 15) is 0 Å². The van der Waals surface area contributed by atoms with E-state index in [0.29, 0.717) is 0 Å². The maximum atomic E-state index is 2.34. The molecule has 0 aliphatic rings. The fourth-order valence-electron chi connectivity index (χ4n) is 6.19. The Bertz CT molecular complexity index is 2180. The quantitative estimate of drug-likeness (QED) is 0.194. The molecule has 0 heterocycles. The number of benzene rings is 8. The Morgan fingerprint density at radius 3 is 1.30 bits per heavy atom. The van der Waals surface area contributed by atoms with Gasteiger partial charge in [-0.3, -0.25) is 0 Å². The third kappa shape index (κ3) is 4.71. The van der Waals surface area contributed by atoms with E-state index >= 15 is 0 Å². The molecule has 0 amide bonds. The highest BCUT2D eigenvalue weighted by atomic mass is 15.1. The summed E-state index contributed by atoms with van der Waals surface area (Å²) in [6, 6.07) is 63.4. The minimum atomic E-state index is 1.13. The van der Waals surface area contributed by atoms with Gasteiger partial charge in [0.05, 0.1) is 0 Å². The third-order valence-electron chi connectivity index (χ3n) is 8.41. The molecule has 0 aliphatic heterocycles. The zero-order valence-electron chi connectivity index (χ0n) is 23.7. The Morgan fingerprint density at radius 2 is 0.674 bits per heavy atom. The predicted octanol–water partition coefficient (Wildman–Crippen LogP) is 11.9. The molecule has 202 valence electrons. The first-order valence-corrected chi connectivity index (χ1v) is 14.8. The maximum absolute atomic E-state index is 2.34. The molecule has 0 fully saturated rings. The Morgan fingerprint density at radius 1 is 0.256 bits per heavy atom. The minimum Gasteiger partial charge on any atom is -0.311 e. The number of rotatable bonds is 5. The van der Waals surface area contributed by atoms with Gasteiger partial charge in [0.15, 0.2) is 0 Å². The third-order valence-corrected chi connectivity index (χ3v) is 8.41. The number of hydrogen-bond donors (Lipinski definition) is 0. The highest BCUT2D eigenvalue weighted by Gasteiger charge is 2.12. The van der Waals surface area contributed by atoms with Gasteiger partial charge in [-0.2, -0.15) is 0 Å². The number of fused-ring (bicyclic) bond motifs is 4. The van der Waals surface area contributed by atoms with E-state index in [4.69, 9.17) is 0 Å². The van der Waals surface area contributed by atoms with Gasteiger partial charge in [-0.1, -0.05) is 121 Å². The first kappa shape index (κ1) is 25.1. The van der Waals surface area contributed by atoms with E-state index in [1.165, 1.54) is 54.6 Å². The van der Waals surface area contributed by atoms with Crippen molar-refractivity contribution in [1.82, 2.24) is 0 Å². The summed E-state index contributed by atoms with van der Waals surface area (Å²) in [6.07, 6.45) is 0. The van der Waals surface area contributed by atoms with E-state index in [1.807, 2.05) is 0 Å². The number of para-hydroxylation sites is 2. The van der Waals surface area contributed by atoms with Crippen LogP contribution in [0, 0.1) is 0 Å². The van der Waals surface area contributed by atoms with Crippen LogP contribution in [0.1, 0.15) is 0 Å². The number of hydrogen-bond acceptors (Lipinski definition) is 1. The number of anilines is 3. The molecule has 8 rings (SSSR count). The average molecular weight is 548 g/mol. The summed E-state index contributed by atoms with van der Waals surface area (Å²) < 4.78 is 0. The molecule has 0 N–H and O–H groups in total. The van der Waals surface area contributed by atoms with Gasteiger partial charge in [-0.25, -0.2) is 0 Å². The molecular formula is C42H29N. The van der Waals surface area contributed by atoms with Crippen molar-refractivity contribution < 1.29 is 0 Å². The lowest BCUT2D eigenvalue weighted by Gasteiger charge is -2.25. The standard InChI is InChI=1S/C42H29N/c1-3-10-38(11-4-1)43(39-12-5-2-6-13-39)40-25-23-30(24-26-40)33-19-20-35-28-36(22-21-34(35)27-33)37-18-17-32-16-15-31-9-7-8-14-41(31)42(32)29-37/h1-29H. The fraction of sp³-hybridized carbons (Fsp3) is 0. The van der Waals surface area contributed by atoms with Gasteiger partial charge in [0.1, 0.15) is 0 Å². The molecular weight excluding hydrogens is 518 g/mol. The second kappa shape index (κ2) is 10.6. The van der Waals surface area contributed by atoms with Gasteiger partial charge >= 0.3 is 0 Å². The van der Waals surface area contributed by atoms with Crippen LogP contribution in [-0.4, -0.2) is 0 Å². The largest absolute Gasteiger partial charge is 0.311 e.